The zero-order valence-electron chi connectivity index (χ0n) is 28.0. The molecule has 1 aliphatic carbocycles. The van der Waals surface area contributed by atoms with Crippen LogP contribution in [0.15, 0.2) is 78.9 Å². The lowest BCUT2D eigenvalue weighted by Gasteiger charge is -2.33. The lowest BCUT2D eigenvalue weighted by atomic mass is 9.97. The van der Waals surface area contributed by atoms with E-state index in [1.165, 1.54) is 0 Å². The molecule has 0 aromatic heterocycles. The summed E-state index contributed by atoms with van der Waals surface area (Å²) in [4.78, 5) is 30.6. The first-order valence-electron chi connectivity index (χ1n) is 17.0. The van der Waals surface area contributed by atoms with Crippen LogP contribution in [0.3, 0.4) is 0 Å². The first-order chi connectivity index (χ1) is 23.3. The van der Waals surface area contributed by atoms with Gasteiger partial charge in [0.05, 0.1) is 43.6 Å². The van der Waals surface area contributed by atoms with Crippen molar-refractivity contribution in [3.63, 3.8) is 0 Å². The molecule has 3 aromatic rings. The summed E-state index contributed by atoms with van der Waals surface area (Å²) >= 11 is 0. The Hall–Kier alpha value is -3.96. The fourth-order valence-corrected chi connectivity index (χ4v) is 6.44. The minimum Gasteiger partial charge on any atom is -0.492 e. The topological polar surface area (TPSA) is 121 Å². The van der Waals surface area contributed by atoms with Crippen LogP contribution in [-0.4, -0.2) is 95.8 Å². The number of hydrogen-bond acceptors (Lipinski definition) is 8. The van der Waals surface area contributed by atoms with E-state index in [-0.39, 0.29) is 31.4 Å². The summed E-state index contributed by atoms with van der Waals surface area (Å²) in [5.74, 6) is 0.566. The number of nitrogens with one attached hydrogen (secondary N) is 1. The van der Waals surface area contributed by atoms with Crippen molar-refractivity contribution in [3.05, 3.63) is 101 Å². The molecule has 0 unspecified atom stereocenters. The van der Waals surface area contributed by atoms with Crippen molar-refractivity contribution < 1.29 is 34.0 Å². The molecular weight excluding hydrogens is 610 g/mol. The standard InChI is InChI=1S/C38H49N3O7/c1-27(2)48-38(45)39-33(24-28-8-4-3-5-9-28)34(42)16-17-36(44)41(37-32-11-7-6-10-30(32)25-35(37)43)26-29-12-14-31(15-13-29)47-23-20-40-18-21-46-22-19-40/h3-15,27,33-35,37,42-43H,16-26H2,1-2H3,(H,39,45)/t33-,34-,35+,37-/m0/s1. The predicted molar refractivity (Wildman–Crippen MR) is 183 cm³/mol. The molecule has 48 heavy (non-hydrogen) atoms. The van der Waals surface area contributed by atoms with Gasteiger partial charge in [-0.15, -0.1) is 0 Å². The van der Waals surface area contributed by atoms with E-state index in [4.69, 9.17) is 14.2 Å². The van der Waals surface area contributed by atoms with E-state index in [0.717, 1.165) is 60.9 Å². The van der Waals surface area contributed by atoms with Crippen LogP contribution in [-0.2, 0) is 33.7 Å². The zero-order valence-corrected chi connectivity index (χ0v) is 28.0. The normalized spacial score (nSPS) is 18.9. The molecule has 258 valence electrons. The minimum atomic E-state index is -1.01. The molecule has 0 spiro atoms. The Labute approximate surface area is 283 Å². The van der Waals surface area contributed by atoms with Gasteiger partial charge in [-0.25, -0.2) is 4.79 Å². The van der Waals surface area contributed by atoms with Crippen molar-refractivity contribution in [2.45, 2.75) is 76.5 Å². The van der Waals surface area contributed by atoms with Crippen LogP contribution < -0.4 is 10.1 Å². The SMILES string of the molecule is CC(C)OC(=O)N[C@@H](Cc1ccccc1)[C@@H](O)CCC(=O)N(Cc1ccc(OCCN2CCOCC2)cc1)[C@H]1c2ccccc2C[C@H]1O. The van der Waals surface area contributed by atoms with Gasteiger partial charge in [0.1, 0.15) is 12.4 Å². The second-order valence-corrected chi connectivity index (χ2v) is 12.9. The molecule has 4 atom stereocenters. The Bertz CT molecular complexity index is 1450. The fourth-order valence-electron chi connectivity index (χ4n) is 6.44. The van der Waals surface area contributed by atoms with Gasteiger partial charge < -0.3 is 34.6 Å². The fraction of sp³-hybridized carbons (Fsp3) is 0.474. The second kappa shape index (κ2) is 17.4. The average molecular weight is 660 g/mol. The van der Waals surface area contributed by atoms with E-state index < -0.39 is 30.4 Å². The lowest BCUT2D eigenvalue weighted by molar-refractivity contribution is -0.137. The summed E-state index contributed by atoms with van der Waals surface area (Å²) in [6.45, 7) is 8.54. The third-order valence-corrected chi connectivity index (χ3v) is 8.94. The van der Waals surface area contributed by atoms with E-state index in [9.17, 15) is 19.8 Å². The van der Waals surface area contributed by atoms with Gasteiger partial charge in [0.15, 0.2) is 0 Å². The quantitative estimate of drug-likeness (QED) is 0.221. The second-order valence-electron chi connectivity index (χ2n) is 12.9. The molecule has 1 heterocycles. The number of carbonyl (C=O) groups excluding carboxylic acids is 2. The molecule has 2 aliphatic rings. The third kappa shape index (κ3) is 10.0. The van der Waals surface area contributed by atoms with Gasteiger partial charge in [0, 0.05) is 39.0 Å². The van der Waals surface area contributed by atoms with Crippen molar-refractivity contribution in [2.75, 3.05) is 39.5 Å². The van der Waals surface area contributed by atoms with Crippen molar-refractivity contribution >= 4 is 12.0 Å². The van der Waals surface area contributed by atoms with Gasteiger partial charge in [-0.1, -0.05) is 66.7 Å². The van der Waals surface area contributed by atoms with E-state index in [1.807, 2.05) is 78.9 Å². The number of alkyl carbamates (subject to hydrolysis) is 1. The summed E-state index contributed by atoms with van der Waals surface area (Å²) in [6, 6.07) is 24.0. The maximum Gasteiger partial charge on any atom is 0.407 e. The van der Waals surface area contributed by atoms with Crippen molar-refractivity contribution in [3.8, 4) is 5.75 Å². The molecule has 3 N–H and O–H groups in total. The number of ether oxygens (including phenoxy) is 3. The summed E-state index contributed by atoms with van der Waals surface area (Å²) in [5.41, 5.74) is 3.80. The summed E-state index contributed by atoms with van der Waals surface area (Å²) in [5, 5.41) is 25.3. The lowest BCUT2D eigenvalue weighted by Crippen LogP contribution is -2.46. The van der Waals surface area contributed by atoms with E-state index in [1.54, 1.807) is 18.7 Å². The summed E-state index contributed by atoms with van der Waals surface area (Å²) in [6.07, 6.45) is -1.70. The van der Waals surface area contributed by atoms with Gasteiger partial charge in [-0.3, -0.25) is 9.69 Å². The highest BCUT2D eigenvalue weighted by Gasteiger charge is 2.38. The van der Waals surface area contributed by atoms with Crippen molar-refractivity contribution in [1.82, 2.24) is 15.1 Å². The van der Waals surface area contributed by atoms with Crippen LogP contribution in [0.4, 0.5) is 4.79 Å². The number of nitrogens with zero attached hydrogens (tertiary/aromatic N) is 2. The number of benzene rings is 3. The molecular formula is C38H49N3O7. The van der Waals surface area contributed by atoms with Crippen molar-refractivity contribution in [1.29, 1.82) is 0 Å². The van der Waals surface area contributed by atoms with Gasteiger partial charge in [-0.05, 0) is 61.1 Å². The van der Waals surface area contributed by atoms with Crippen LogP contribution >= 0.6 is 0 Å². The first-order valence-corrected chi connectivity index (χ1v) is 17.0. The van der Waals surface area contributed by atoms with Crippen molar-refractivity contribution in [2.24, 2.45) is 0 Å². The molecule has 3 aromatic carbocycles. The molecule has 10 nitrogen and oxygen atoms in total. The Morgan fingerprint density at radius 1 is 0.979 bits per heavy atom. The van der Waals surface area contributed by atoms with E-state index >= 15 is 0 Å². The maximum absolute atomic E-state index is 14.1. The van der Waals surface area contributed by atoms with Gasteiger partial charge in [0.2, 0.25) is 5.91 Å². The monoisotopic (exact) mass is 659 g/mol. The van der Waals surface area contributed by atoms with Gasteiger partial charge in [0.25, 0.3) is 0 Å². The number of hydrogen-bond donors (Lipinski definition) is 3. The third-order valence-electron chi connectivity index (χ3n) is 8.94. The van der Waals surface area contributed by atoms with E-state index in [2.05, 4.69) is 10.2 Å². The number of amides is 2. The van der Waals surface area contributed by atoms with Crippen LogP contribution in [0.1, 0.15) is 55.0 Å². The molecule has 10 heteroatoms. The van der Waals surface area contributed by atoms with Gasteiger partial charge >= 0.3 is 6.09 Å². The van der Waals surface area contributed by atoms with Gasteiger partial charge in [-0.2, -0.15) is 0 Å². The van der Waals surface area contributed by atoms with E-state index in [0.29, 0.717) is 19.4 Å². The molecule has 1 saturated heterocycles. The molecule has 2 amide bonds. The Morgan fingerprint density at radius 3 is 2.42 bits per heavy atom. The zero-order chi connectivity index (χ0) is 33.9. The van der Waals surface area contributed by atoms with Crippen LogP contribution in [0.5, 0.6) is 5.75 Å². The minimum absolute atomic E-state index is 0.0293. The smallest absolute Gasteiger partial charge is 0.407 e. The molecule has 1 fully saturated rings. The Balaban J connectivity index is 1.27. The summed E-state index contributed by atoms with van der Waals surface area (Å²) < 4.78 is 16.7. The van der Waals surface area contributed by atoms with Crippen LogP contribution in [0.2, 0.25) is 0 Å². The molecule has 0 saturated carbocycles. The number of fused-ring (bicyclic) bond motifs is 1. The first kappa shape index (κ1) is 35.3. The Morgan fingerprint density at radius 2 is 1.69 bits per heavy atom. The molecule has 1 aliphatic heterocycles. The molecule has 0 bridgehead atoms. The number of carbonyl (C=O) groups is 2. The molecule has 5 rings (SSSR count). The highest BCUT2D eigenvalue weighted by Crippen LogP contribution is 2.37. The van der Waals surface area contributed by atoms with Crippen LogP contribution in [0.25, 0.3) is 0 Å². The highest BCUT2D eigenvalue weighted by atomic mass is 16.6. The number of aliphatic hydroxyl groups is 2. The Kier molecular flexibility index (Phi) is 12.8. The largest absolute Gasteiger partial charge is 0.492 e. The predicted octanol–water partition coefficient (Wildman–Crippen LogP) is 4.27. The molecule has 0 radical (unpaired) electrons. The summed E-state index contributed by atoms with van der Waals surface area (Å²) in [7, 11) is 0. The highest BCUT2D eigenvalue weighted by molar-refractivity contribution is 5.77. The van der Waals surface area contributed by atoms with Crippen LogP contribution in [0, 0.1) is 0 Å². The maximum atomic E-state index is 14.1. The number of morpholine rings is 1. The number of aliphatic hydroxyl groups excluding tert-OH is 2. The number of rotatable bonds is 15. The average Bonchev–Trinajstić information content (AvgIpc) is 3.42.